The predicted octanol–water partition coefficient (Wildman–Crippen LogP) is 6.20. The highest BCUT2D eigenvalue weighted by Crippen LogP contribution is 2.47. The number of methoxy groups -OCH3 is 1. The molecule has 5 rings (SSSR count). The number of ether oxygens (including phenoxy) is 3. The quantitative estimate of drug-likeness (QED) is 0.135. The van der Waals surface area contributed by atoms with Crippen LogP contribution in [0.3, 0.4) is 0 Å². The number of thiazole rings is 1. The van der Waals surface area contributed by atoms with Crippen LogP contribution in [0.2, 0.25) is 0 Å². The fraction of sp³-hybridized carbons (Fsp3) is 0.207. The average molecular weight is 625 g/mol. The molecule has 0 saturated carbocycles. The first-order valence-electron chi connectivity index (χ1n) is 12.4. The van der Waals surface area contributed by atoms with Crippen LogP contribution in [0, 0.1) is 0 Å². The third-order valence-electron chi connectivity index (χ3n) is 6.32. The largest absolute Gasteiger partial charge is 0.507 e. The zero-order chi connectivity index (χ0) is 28.6. The average Bonchev–Trinajstić information content (AvgIpc) is 3.48. The molecule has 3 aromatic carbocycles. The monoisotopic (exact) mass is 624 g/mol. The molecule has 1 aliphatic heterocycles. The molecule has 0 radical (unpaired) electrons. The Morgan fingerprint density at radius 2 is 1.77 bits per heavy atom. The van der Waals surface area contributed by atoms with E-state index in [-0.39, 0.29) is 32.4 Å². The summed E-state index contributed by atoms with van der Waals surface area (Å²) in [5, 5.41) is 22.2. The number of carbonyl (C=O) groups excluding carboxylic acids is 2. The lowest BCUT2D eigenvalue weighted by molar-refractivity contribution is -0.132. The zero-order valence-corrected chi connectivity index (χ0v) is 24.2. The van der Waals surface area contributed by atoms with E-state index in [1.54, 1.807) is 42.5 Å². The summed E-state index contributed by atoms with van der Waals surface area (Å²) >= 11 is 4.55. The summed E-state index contributed by atoms with van der Waals surface area (Å²) in [4.78, 5) is 33.1. The normalized spacial score (nSPS) is 16.5. The van der Waals surface area contributed by atoms with E-state index >= 15 is 0 Å². The second-order valence-electron chi connectivity index (χ2n) is 8.74. The molecule has 1 aromatic heterocycles. The number of phenolic OH excluding ortho intramolecular Hbond substituents is 1. The molecule has 0 bridgehead atoms. The maximum atomic E-state index is 13.6. The van der Waals surface area contributed by atoms with Crippen molar-refractivity contribution >= 4 is 60.1 Å². The molecule has 1 saturated heterocycles. The van der Waals surface area contributed by atoms with Crippen molar-refractivity contribution in [1.82, 2.24) is 4.98 Å². The Kier molecular flexibility index (Phi) is 7.68. The highest BCUT2D eigenvalue weighted by atomic mass is 79.9. The summed E-state index contributed by atoms with van der Waals surface area (Å²) in [6.07, 6.45) is 0. The number of hydrogen-bond acceptors (Lipinski definition) is 9. The highest BCUT2D eigenvalue weighted by molar-refractivity contribution is 9.10. The first-order chi connectivity index (χ1) is 19.3. The van der Waals surface area contributed by atoms with E-state index in [0.717, 1.165) is 4.70 Å². The van der Waals surface area contributed by atoms with Crippen molar-refractivity contribution in [3.63, 3.8) is 0 Å². The van der Waals surface area contributed by atoms with Gasteiger partial charge in [0.2, 0.25) is 0 Å². The molecule has 2 N–H and O–H groups in total. The topological polar surface area (TPSA) is 118 Å². The van der Waals surface area contributed by atoms with E-state index < -0.39 is 17.7 Å². The molecule has 0 aliphatic carbocycles. The number of nitrogens with zero attached hydrogens (tertiary/aromatic N) is 2. The number of hydrogen-bond donors (Lipinski definition) is 2. The van der Waals surface area contributed by atoms with Crippen molar-refractivity contribution in [3.8, 4) is 23.0 Å². The van der Waals surface area contributed by atoms with E-state index in [4.69, 9.17) is 14.2 Å². The lowest BCUT2D eigenvalue weighted by Crippen LogP contribution is -2.29. The molecule has 2 heterocycles. The summed E-state index contributed by atoms with van der Waals surface area (Å²) < 4.78 is 17.6. The lowest BCUT2D eigenvalue weighted by atomic mass is 9.95. The van der Waals surface area contributed by atoms with Gasteiger partial charge in [0.15, 0.2) is 16.6 Å². The first-order valence-corrected chi connectivity index (χ1v) is 14.0. The van der Waals surface area contributed by atoms with E-state index in [2.05, 4.69) is 20.9 Å². The number of fused-ring (bicyclic) bond motifs is 1. The van der Waals surface area contributed by atoms with E-state index in [1.165, 1.54) is 29.4 Å². The van der Waals surface area contributed by atoms with E-state index in [1.807, 2.05) is 19.9 Å². The Morgan fingerprint density at radius 1 is 1.05 bits per heavy atom. The van der Waals surface area contributed by atoms with Gasteiger partial charge in [0, 0.05) is 5.56 Å². The Bertz CT molecular complexity index is 1670. The van der Waals surface area contributed by atoms with Crippen LogP contribution in [0.15, 0.2) is 64.6 Å². The highest BCUT2D eigenvalue weighted by Gasteiger charge is 2.48. The SMILES string of the molecule is CCOc1cccc(C(O)=C2C(=O)C(=O)N(c3nc4ccc(OCC)cc4s3)C2c2cc(Br)c(O)c(OC)c2)c1. The van der Waals surface area contributed by atoms with Gasteiger partial charge in [-0.05, 0) is 77.8 Å². The van der Waals surface area contributed by atoms with Gasteiger partial charge in [0.25, 0.3) is 5.78 Å². The number of anilines is 1. The number of phenols is 1. The van der Waals surface area contributed by atoms with Gasteiger partial charge >= 0.3 is 5.91 Å². The van der Waals surface area contributed by atoms with Gasteiger partial charge < -0.3 is 24.4 Å². The van der Waals surface area contributed by atoms with Gasteiger partial charge in [-0.1, -0.05) is 23.5 Å². The number of benzene rings is 3. The molecule has 206 valence electrons. The number of rotatable bonds is 8. The van der Waals surface area contributed by atoms with Crippen molar-refractivity contribution in [2.45, 2.75) is 19.9 Å². The third-order valence-corrected chi connectivity index (χ3v) is 7.94. The predicted molar refractivity (Wildman–Crippen MR) is 156 cm³/mol. The summed E-state index contributed by atoms with van der Waals surface area (Å²) in [6.45, 7) is 4.63. The standard InChI is InChI=1S/C29H25BrN2O7S/c1-4-38-17-8-6-7-15(11-17)25(33)23-24(16-12-19(30)26(34)21(13-16)37-3)32(28(36)27(23)35)29-31-20-10-9-18(39-5-2)14-22(20)40-29/h6-14,24,33-34H,4-5H2,1-3H3. The van der Waals surface area contributed by atoms with Crippen LogP contribution >= 0.6 is 27.3 Å². The number of carbonyl (C=O) groups is 2. The fourth-order valence-electron chi connectivity index (χ4n) is 4.56. The number of aliphatic hydroxyl groups excluding tert-OH is 1. The number of Topliss-reactive ketones (excluding diaryl/α,β-unsaturated/α-hetero) is 1. The van der Waals surface area contributed by atoms with Crippen molar-refractivity contribution in [3.05, 3.63) is 75.8 Å². The van der Waals surface area contributed by atoms with Gasteiger partial charge in [-0.15, -0.1) is 0 Å². The van der Waals surface area contributed by atoms with Crippen LogP contribution in [0.1, 0.15) is 31.0 Å². The minimum Gasteiger partial charge on any atom is -0.507 e. The van der Waals surface area contributed by atoms with Gasteiger partial charge in [-0.25, -0.2) is 4.98 Å². The van der Waals surface area contributed by atoms with Gasteiger partial charge in [0.1, 0.15) is 17.3 Å². The van der Waals surface area contributed by atoms with Crippen LogP contribution in [0.4, 0.5) is 5.13 Å². The smallest absolute Gasteiger partial charge is 0.301 e. The summed E-state index contributed by atoms with van der Waals surface area (Å²) in [5.74, 6) is -0.945. The molecule has 1 atom stereocenters. The number of aromatic nitrogens is 1. The Morgan fingerprint density at radius 3 is 2.48 bits per heavy atom. The van der Waals surface area contributed by atoms with Crippen molar-refractivity contribution < 1.29 is 34.0 Å². The lowest BCUT2D eigenvalue weighted by Gasteiger charge is -2.24. The second-order valence-corrected chi connectivity index (χ2v) is 10.6. The minimum atomic E-state index is -1.08. The van der Waals surface area contributed by atoms with Gasteiger partial charge in [-0.2, -0.15) is 0 Å². The maximum Gasteiger partial charge on any atom is 0.301 e. The number of amides is 1. The van der Waals surface area contributed by atoms with Gasteiger partial charge in [-0.3, -0.25) is 14.5 Å². The minimum absolute atomic E-state index is 0.124. The Hall–Kier alpha value is -4.09. The number of halogens is 1. The molecule has 1 fully saturated rings. The van der Waals surface area contributed by atoms with Crippen LogP contribution in [-0.4, -0.2) is 47.2 Å². The van der Waals surface area contributed by atoms with Gasteiger partial charge in [0.05, 0.1) is 46.6 Å². The summed E-state index contributed by atoms with van der Waals surface area (Å²) in [7, 11) is 1.39. The molecular weight excluding hydrogens is 600 g/mol. The molecule has 1 amide bonds. The van der Waals surface area contributed by atoms with Crippen molar-refractivity contribution in [2.24, 2.45) is 0 Å². The summed E-state index contributed by atoms with van der Waals surface area (Å²) in [5.41, 5.74) is 1.22. The van der Waals surface area contributed by atoms with Crippen LogP contribution in [0.5, 0.6) is 23.0 Å². The number of ketones is 1. The Balaban J connectivity index is 1.73. The first kappa shape index (κ1) is 27.5. The molecule has 0 spiro atoms. The van der Waals surface area contributed by atoms with Crippen LogP contribution in [0.25, 0.3) is 16.0 Å². The molecule has 1 unspecified atom stereocenters. The van der Waals surface area contributed by atoms with Crippen LogP contribution in [-0.2, 0) is 9.59 Å². The second kappa shape index (κ2) is 11.2. The molecule has 40 heavy (non-hydrogen) atoms. The zero-order valence-electron chi connectivity index (χ0n) is 21.8. The number of aliphatic hydroxyl groups is 1. The van der Waals surface area contributed by atoms with E-state index in [0.29, 0.717) is 41.4 Å². The maximum absolute atomic E-state index is 13.6. The molecule has 4 aromatic rings. The van der Waals surface area contributed by atoms with E-state index in [9.17, 15) is 19.8 Å². The van der Waals surface area contributed by atoms with Crippen molar-refractivity contribution in [2.75, 3.05) is 25.2 Å². The molecular formula is C29H25BrN2O7S. The molecule has 1 aliphatic rings. The Labute approximate surface area is 242 Å². The summed E-state index contributed by atoms with van der Waals surface area (Å²) in [6, 6.07) is 14.1. The third kappa shape index (κ3) is 4.86. The van der Waals surface area contributed by atoms with Crippen LogP contribution < -0.4 is 19.1 Å². The fourth-order valence-corrected chi connectivity index (χ4v) is 6.04. The van der Waals surface area contributed by atoms with Crippen molar-refractivity contribution in [1.29, 1.82) is 0 Å². The molecule has 11 heteroatoms. The number of aromatic hydroxyl groups is 1. The molecule has 9 nitrogen and oxygen atoms in total.